The molecule has 0 saturated heterocycles. The lowest BCUT2D eigenvalue weighted by Gasteiger charge is -2.17. The van der Waals surface area contributed by atoms with Gasteiger partial charge in [-0.1, -0.05) is 84.9 Å². The quantitative estimate of drug-likeness (QED) is 0.171. The van der Waals surface area contributed by atoms with Crippen molar-refractivity contribution < 1.29 is 0 Å². The fraction of sp³-hybridized carbons (Fsp3) is 0.0392. The molecule has 0 N–H and O–H groups in total. The molecule has 0 saturated carbocycles. The number of rotatable bonds is 6. The molecule has 56 heavy (non-hydrogen) atoms. The van der Waals surface area contributed by atoms with Gasteiger partial charge in [-0.25, -0.2) is 0 Å². The molecule has 0 aliphatic heterocycles. The first kappa shape index (κ1) is 32.5. The first-order chi connectivity index (χ1) is 27.8. The van der Waals surface area contributed by atoms with Crippen LogP contribution in [0.15, 0.2) is 183 Å². The van der Waals surface area contributed by atoms with Gasteiger partial charge in [0.2, 0.25) is 0 Å². The molecule has 5 aromatic carbocycles. The maximum absolute atomic E-state index is 4.73. The monoisotopic (exact) mass is 734 g/mol. The van der Waals surface area contributed by atoms with E-state index in [1.165, 1.54) is 47.9 Å². The molecule has 5 heterocycles. The molecule has 5 aromatic heterocycles. The summed E-state index contributed by atoms with van der Waals surface area (Å²) in [6, 6.07) is 54.5. The number of aromatic nitrogens is 4. The number of hydrogen-bond donors (Lipinski definition) is 0. The third kappa shape index (κ3) is 5.47. The highest BCUT2D eigenvalue weighted by Crippen LogP contribution is 2.43. The van der Waals surface area contributed by atoms with Gasteiger partial charge in [0.05, 0.1) is 22.4 Å². The van der Waals surface area contributed by atoms with Gasteiger partial charge in [-0.2, -0.15) is 0 Å². The second kappa shape index (κ2) is 13.4. The van der Waals surface area contributed by atoms with Gasteiger partial charge >= 0.3 is 0 Å². The van der Waals surface area contributed by atoms with E-state index in [-0.39, 0.29) is 0 Å². The lowest BCUT2D eigenvalue weighted by molar-refractivity contribution is 0.830. The fourth-order valence-electron chi connectivity index (χ4n) is 8.55. The zero-order valence-corrected chi connectivity index (χ0v) is 31.2. The van der Waals surface area contributed by atoms with Crippen LogP contribution in [0.1, 0.15) is 21.9 Å². The topological polar surface area (TPSA) is 43.6 Å². The van der Waals surface area contributed by atoms with Gasteiger partial charge in [-0.15, -0.1) is 11.3 Å². The molecular formula is C51H34N4S. The number of thiophene rings is 1. The van der Waals surface area contributed by atoms with Crippen LogP contribution in [0.3, 0.4) is 0 Å². The van der Waals surface area contributed by atoms with E-state index < -0.39 is 0 Å². The molecule has 0 spiro atoms. The van der Waals surface area contributed by atoms with Crippen molar-refractivity contribution >= 4 is 49.3 Å². The summed E-state index contributed by atoms with van der Waals surface area (Å²) < 4.78 is 3.77. The lowest BCUT2D eigenvalue weighted by atomic mass is 9.88. The second-order valence-corrected chi connectivity index (χ2v) is 15.5. The summed E-state index contributed by atoms with van der Waals surface area (Å²) in [5.41, 5.74) is 15.0. The molecule has 0 bridgehead atoms. The van der Waals surface area contributed by atoms with Gasteiger partial charge < -0.3 is 4.57 Å². The summed E-state index contributed by atoms with van der Waals surface area (Å²) in [5, 5.41) is 3.74. The second-order valence-electron chi connectivity index (χ2n) is 14.4. The smallest absolute Gasteiger partial charge is 0.0708 e. The Morgan fingerprint density at radius 3 is 1.75 bits per heavy atom. The molecule has 1 atom stereocenters. The minimum atomic E-state index is 0.311. The third-order valence-corrected chi connectivity index (χ3v) is 12.4. The summed E-state index contributed by atoms with van der Waals surface area (Å²) in [6.07, 6.45) is 13.2. The average Bonchev–Trinajstić information content (AvgIpc) is 3.81. The van der Waals surface area contributed by atoms with Crippen molar-refractivity contribution in [2.75, 3.05) is 0 Å². The summed E-state index contributed by atoms with van der Waals surface area (Å²) in [5.74, 6) is 0.311. The lowest BCUT2D eigenvalue weighted by Crippen LogP contribution is -2.04. The standard InChI is InChI=1S/C51H34N4S/c1-3-13-40(46-15-5-7-26-53-46)38(11-1)34-17-21-48-42(29-34)43-30-35(39-12-2-4-14-41(39)47-16-6-8-27-54-47)18-22-49(43)55(48)37-20-24-51-45(31-37)44-28-33(19-23-50(44)56-51)36-10-9-25-52-32-36/h1-27,29-33H,28H2. The summed E-state index contributed by atoms with van der Waals surface area (Å²) in [6.45, 7) is 0. The van der Waals surface area contributed by atoms with Gasteiger partial charge in [0.25, 0.3) is 0 Å². The molecule has 1 aliphatic rings. The van der Waals surface area contributed by atoms with E-state index in [1.807, 2.05) is 54.3 Å². The van der Waals surface area contributed by atoms with Crippen molar-refractivity contribution in [1.82, 2.24) is 19.5 Å². The molecular weight excluding hydrogens is 701 g/mol. The molecule has 264 valence electrons. The minimum absolute atomic E-state index is 0.311. The van der Waals surface area contributed by atoms with Crippen molar-refractivity contribution in [3.05, 3.63) is 199 Å². The predicted molar refractivity (Wildman–Crippen MR) is 233 cm³/mol. The highest BCUT2D eigenvalue weighted by molar-refractivity contribution is 7.20. The normalized spacial score (nSPS) is 13.8. The van der Waals surface area contributed by atoms with E-state index in [9.17, 15) is 0 Å². The summed E-state index contributed by atoms with van der Waals surface area (Å²) in [4.78, 5) is 15.2. The zero-order valence-electron chi connectivity index (χ0n) is 30.4. The Balaban J connectivity index is 1.12. The van der Waals surface area contributed by atoms with E-state index in [1.54, 1.807) is 0 Å². The number of allylic oxidation sites excluding steroid dienone is 1. The first-order valence-corrected chi connectivity index (χ1v) is 19.8. The van der Waals surface area contributed by atoms with Crippen LogP contribution in [0.4, 0.5) is 0 Å². The molecule has 1 unspecified atom stereocenters. The number of pyridine rings is 3. The number of benzene rings is 5. The summed E-state index contributed by atoms with van der Waals surface area (Å²) >= 11 is 1.89. The van der Waals surface area contributed by atoms with Crippen molar-refractivity contribution in [2.24, 2.45) is 0 Å². The largest absolute Gasteiger partial charge is 0.309 e. The van der Waals surface area contributed by atoms with Gasteiger partial charge in [-0.05, 0) is 124 Å². The van der Waals surface area contributed by atoms with Crippen LogP contribution in [-0.4, -0.2) is 19.5 Å². The number of nitrogens with zero attached hydrogens (tertiary/aromatic N) is 4. The zero-order chi connectivity index (χ0) is 37.0. The van der Waals surface area contributed by atoms with Crippen LogP contribution in [0, 0.1) is 0 Å². The van der Waals surface area contributed by atoms with E-state index in [0.717, 1.165) is 56.9 Å². The molecule has 1 aliphatic carbocycles. The molecule has 0 amide bonds. The van der Waals surface area contributed by atoms with E-state index >= 15 is 0 Å². The fourth-order valence-corrected chi connectivity index (χ4v) is 9.68. The number of hydrogen-bond acceptors (Lipinski definition) is 4. The van der Waals surface area contributed by atoms with E-state index in [0.29, 0.717) is 5.92 Å². The van der Waals surface area contributed by atoms with Gasteiger partial charge in [0, 0.05) is 67.9 Å². The van der Waals surface area contributed by atoms with Crippen molar-refractivity contribution in [3.8, 4) is 50.5 Å². The predicted octanol–water partition coefficient (Wildman–Crippen LogP) is 13.2. The Morgan fingerprint density at radius 2 is 1.16 bits per heavy atom. The molecule has 11 rings (SSSR count). The molecule has 0 fully saturated rings. The SMILES string of the molecule is C1=CC(c2cccnc2)Cc2c1sc1ccc(-n3c4ccc(-c5ccccc5-c5ccccn5)cc4c4cc(-c5ccccc5-c5ccccn5)ccc43)cc21. The Hall–Kier alpha value is -6.95. The Kier molecular flexibility index (Phi) is 7.78. The van der Waals surface area contributed by atoms with E-state index in [4.69, 9.17) is 9.97 Å². The minimum Gasteiger partial charge on any atom is -0.309 e. The van der Waals surface area contributed by atoms with Crippen molar-refractivity contribution in [1.29, 1.82) is 0 Å². The van der Waals surface area contributed by atoms with Crippen LogP contribution in [0.5, 0.6) is 0 Å². The molecule has 0 radical (unpaired) electrons. The Morgan fingerprint density at radius 1 is 0.536 bits per heavy atom. The molecule has 10 aromatic rings. The van der Waals surface area contributed by atoms with Crippen LogP contribution in [-0.2, 0) is 6.42 Å². The van der Waals surface area contributed by atoms with Crippen LogP contribution < -0.4 is 0 Å². The van der Waals surface area contributed by atoms with Crippen LogP contribution in [0.2, 0.25) is 0 Å². The third-order valence-electron chi connectivity index (χ3n) is 11.2. The molecule has 5 heteroatoms. The maximum atomic E-state index is 4.73. The van der Waals surface area contributed by atoms with Crippen molar-refractivity contribution in [2.45, 2.75) is 12.3 Å². The van der Waals surface area contributed by atoms with Crippen molar-refractivity contribution in [3.63, 3.8) is 0 Å². The van der Waals surface area contributed by atoms with Gasteiger partial charge in [0.15, 0.2) is 0 Å². The summed E-state index contributed by atoms with van der Waals surface area (Å²) in [7, 11) is 0. The average molecular weight is 735 g/mol. The number of fused-ring (bicyclic) bond motifs is 6. The first-order valence-electron chi connectivity index (χ1n) is 19.0. The Bertz CT molecular complexity index is 2970. The van der Waals surface area contributed by atoms with Crippen LogP contribution in [0.25, 0.3) is 88.4 Å². The highest BCUT2D eigenvalue weighted by Gasteiger charge is 2.22. The van der Waals surface area contributed by atoms with Gasteiger partial charge in [0.1, 0.15) is 0 Å². The van der Waals surface area contributed by atoms with Gasteiger partial charge in [-0.3, -0.25) is 15.0 Å². The van der Waals surface area contributed by atoms with E-state index in [2.05, 4.69) is 155 Å². The molecule has 4 nitrogen and oxygen atoms in total. The van der Waals surface area contributed by atoms with Crippen LogP contribution >= 0.6 is 11.3 Å². The maximum Gasteiger partial charge on any atom is 0.0708 e. The Labute approximate surface area is 328 Å². The highest BCUT2D eigenvalue weighted by atomic mass is 32.1.